The second-order valence-corrected chi connectivity index (χ2v) is 10.7. The molecular weight excluding hydrogens is 480 g/mol. The summed E-state index contributed by atoms with van der Waals surface area (Å²) in [7, 11) is 0. The third-order valence-corrected chi connectivity index (χ3v) is 7.59. The lowest BCUT2D eigenvalue weighted by Gasteiger charge is -2.41. The number of carbonyl (C=O) groups excluding carboxylic acids is 1. The molecule has 0 unspecified atom stereocenters. The molecule has 0 bridgehead atoms. The van der Waals surface area contributed by atoms with E-state index in [1.54, 1.807) is 18.4 Å². The SMILES string of the molecule is CC(C)C(=O)NC[C@H]1O[C@@H](n2cc(Cc3ccc(C4CC4)cc3)c3c(Cl)cccc32)[C@H](O)[C@@H](O)[C@@H]1O. The molecule has 5 atom stereocenters. The van der Waals surface area contributed by atoms with Crippen molar-refractivity contribution in [2.24, 2.45) is 5.92 Å². The van der Waals surface area contributed by atoms with Crippen LogP contribution in [0.3, 0.4) is 0 Å². The molecule has 0 radical (unpaired) electrons. The number of nitrogens with one attached hydrogen (secondary N) is 1. The summed E-state index contributed by atoms with van der Waals surface area (Å²) >= 11 is 6.63. The van der Waals surface area contributed by atoms with Crippen LogP contribution in [0.15, 0.2) is 48.7 Å². The quantitative estimate of drug-likeness (QED) is 0.388. The van der Waals surface area contributed by atoms with Gasteiger partial charge in [0.25, 0.3) is 0 Å². The minimum Gasteiger partial charge on any atom is -0.388 e. The van der Waals surface area contributed by atoms with Gasteiger partial charge >= 0.3 is 0 Å². The van der Waals surface area contributed by atoms with Gasteiger partial charge in [0.2, 0.25) is 5.91 Å². The van der Waals surface area contributed by atoms with Crippen molar-refractivity contribution in [2.45, 2.75) is 69.7 Å². The number of rotatable bonds is 7. The molecule has 1 amide bonds. The highest BCUT2D eigenvalue weighted by Crippen LogP contribution is 2.40. The van der Waals surface area contributed by atoms with Crippen LogP contribution >= 0.6 is 11.6 Å². The first kappa shape index (κ1) is 25.2. The third-order valence-electron chi connectivity index (χ3n) is 7.27. The van der Waals surface area contributed by atoms with Crippen LogP contribution in [-0.4, -0.2) is 56.8 Å². The monoisotopic (exact) mass is 512 g/mol. The average Bonchev–Trinajstić information content (AvgIpc) is 3.65. The largest absolute Gasteiger partial charge is 0.388 e. The van der Waals surface area contributed by atoms with E-state index >= 15 is 0 Å². The van der Waals surface area contributed by atoms with E-state index < -0.39 is 30.6 Å². The molecule has 1 aliphatic heterocycles. The molecule has 2 heterocycles. The number of benzene rings is 2. The van der Waals surface area contributed by atoms with Gasteiger partial charge in [0, 0.05) is 24.0 Å². The fraction of sp³-hybridized carbons (Fsp3) is 0.464. The van der Waals surface area contributed by atoms with E-state index in [4.69, 9.17) is 16.3 Å². The first-order valence-electron chi connectivity index (χ1n) is 12.6. The summed E-state index contributed by atoms with van der Waals surface area (Å²) in [4.78, 5) is 12.1. The number of ether oxygens (including phenoxy) is 1. The van der Waals surface area contributed by atoms with Crippen molar-refractivity contribution in [1.82, 2.24) is 9.88 Å². The topological polar surface area (TPSA) is 104 Å². The van der Waals surface area contributed by atoms with Crippen LogP contribution in [0.1, 0.15) is 55.5 Å². The molecule has 1 aliphatic carbocycles. The van der Waals surface area contributed by atoms with Crippen molar-refractivity contribution in [1.29, 1.82) is 0 Å². The summed E-state index contributed by atoms with van der Waals surface area (Å²) in [5, 5.41) is 36.2. The summed E-state index contributed by atoms with van der Waals surface area (Å²) in [6.07, 6.45) is -0.991. The standard InChI is InChI=1S/C28H33ClN2O5/c1-15(2)27(35)30-13-22-24(32)25(33)26(34)28(36-22)31-14-19(23-20(29)4-3-5-21(23)31)12-16-6-8-17(9-7-16)18-10-11-18/h3-9,14-15,18,22,24-26,28,32-34H,10-13H2,1-2H3,(H,30,35)/t22-,24-,25+,26-,28-/m1/s1. The Labute approximate surface area is 215 Å². The van der Waals surface area contributed by atoms with E-state index in [1.165, 1.54) is 18.4 Å². The number of aliphatic hydroxyl groups excluding tert-OH is 3. The predicted molar refractivity (Wildman–Crippen MR) is 138 cm³/mol. The maximum atomic E-state index is 12.1. The van der Waals surface area contributed by atoms with Gasteiger partial charge in [-0.2, -0.15) is 0 Å². The Balaban J connectivity index is 1.45. The van der Waals surface area contributed by atoms with E-state index in [2.05, 4.69) is 29.6 Å². The Morgan fingerprint density at radius 3 is 2.47 bits per heavy atom. The first-order valence-corrected chi connectivity index (χ1v) is 13.0. The van der Waals surface area contributed by atoms with E-state index in [-0.39, 0.29) is 18.4 Å². The summed E-state index contributed by atoms with van der Waals surface area (Å²) in [5.41, 5.74) is 4.25. The van der Waals surface area contributed by atoms with E-state index in [1.807, 2.05) is 24.4 Å². The van der Waals surface area contributed by atoms with Gasteiger partial charge in [-0.1, -0.05) is 55.8 Å². The summed E-state index contributed by atoms with van der Waals surface area (Å²) in [5.74, 6) is 0.282. The molecule has 3 aromatic rings. The normalized spacial score (nSPS) is 26.5. The van der Waals surface area contributed by atoms with E-state index in [9.17, 15) is 20.1 Å². The van der Waals surface area contributed by atoms with Crippen LogP contribution in [0.25, 0.3) is 10.9 Å². The van der Waals surface area contributed by atoms with Gasteiger partial charge in [0.05, 0.1) is 10.5 Å². The van der Waals surface area contributed by atoms with Crippen LogP contribution in [0, 0.1) is 5.92 Å². The predicted octanol–water partition coefficient (Wildman–Crippen LogP) is 3.52. The molecule has 2 aliphatic rings. The van der Waals surface area contributed by atoms with Gasteiger partial charge in [-0.05, 0) is 54.0 Å². The van der Waals surface area contributed by atoms with Crippen molar-refractivity contribution in [3.63, 3.8) is 0 Å². The number of nitrogens with zero attached hydrogens (tertiary/aromatic N) is 1. The molecule has 2 aromatic carbocycles. The minimum atomic E-state index is -1.44. The lowest BCUT2D eigenvalue weighted by atomic mass is 9.97. The van der Waals surface area contributed by atoms with E-state index in [0.717, 1.165) is 22.0 Å². The molecule has 192 valence electrons. The molecule has 8 heteroatoms. The zero-order valence-corrected chi connectivity index (χ0v) is 21.2. The zero-order valence-electron chi connectivity index (χ0n) is 20.5. The van der Waals surface area contributed by atoms with Crippen LogP contribution < -0.4 is 5.32 Å². The number of carbonyl (C=O) groups is 1. The number of hydrogen-bond acceptors (Lipinski definition) is 5. The third kappa shape index (κ3) is 4.91. The van der Waals surface area contributed by atoms with E-state index in [0.29, 0.717) is 17.4 Å². The van der Waals surface area contributed by atoms with Crippen LogP contribution in [0.5, 0.6) is 0 Å². The summed E-state index contributed by atoms with van der Waals surface area (Å²) < 4.78 is 7.87. The maximum Gasteiger partial charge on any atom is 0.222 e. The molecule has 7 nitrogen and oxygen atoms in total. The number of aromatic nitrogens is 1. The lowest BCUT2D eigenvalue weighted by Crippen LogP contribution is -2.58. The van der Waals surface area contributed by atoms with Crippen molar-refractivity contribution >= 4 is 28.4 Å². The summed E-state index contributed by atoms with van der Waals surface area (Å²) in [6.45, 7) is 3.55. The number of amides is 1. The lowest BCUT2D eigenvalue weighted by molar-refractivity contribution is -0.242. The Morgan fingerprint density at radius 2 is 1.81 bits per heavy atom. The van der Waals surface area contributed by atoms with Crippen LogP contribution in [0.2, 0.25) is 5.02 Å². The van der Waals surface area contributed by atoms with Crippen molar-refractivity contribution in [3.8, 4) is 0 Å². The molecule has 2 fully saturated rings. The van der Waals surface area contributed by atoms with Gasteiger partial charge < -0.3 is 29.9 Å². The van der Waals surface area contributed by atoms with Gasteiger partial charge in [-0.3, -0.25) is 4.79 Å². The van der Waals surface area contributed by atoms with Crippen molar-refractivity contribution in [2.75, 3.05) is 6.54 Å². The highest BCUT2D eigenvalue weighted by molar-refractivity contribution is 6.35. The number of halogens is 1. The van der Waals surface area contributed by atoms with Crippen LogP contribution in [-0.2, 0) is 16.0 Å². The van der Waals surface area contributed by atoms with Gasteiger partial charge in [-0.25, -0.2) is 0 Å². The zero-order chi connectivity index (χ0) is 25.6. The Hall–Kier alpha value is -2.42. The minimum absolute atomic E-state index is 0.0125. The molecule has 5 rings (SSSR count). The Morgan fingerprint density at radius 1 is 1.08 bits per heavy atom. The maximum absolute atomic E-state index is 12.1. The second-order valence-electron chi connectivity index (χ2n) is 10.3. The van der Waals surface area contributed by atoms with Crippen molar-refractivity contribution < 1.29 is 24.9 Å². The Bertz CT molecular complexity index is 1240. The first-order chi connectivity index (χ1) is 17.2. The summed E-state index contributed by atoms with van der Waals surface area (Å²) in [6, 6.07) is 14.2. The number of hydrogen-bond donors (Lipinski definition) is 4. The molecule has 4 N–H and O–H groups in total. The smallest absolute Gasteiger partial charge is 0.222 e. The molecule has 0 spiro atoms. The number of fused-ring (bicyclic) bond motifs is 1. The highest BCUT2D eigenvalue weighted by Gasteiger charge is 2.45. The molecule has 1 saturated carbocycles. The Kier molecular flexibility index (Phi) is 7.12. The molecule has 36 heavy (non-hydrogen) atoms. The molecule has 1 aromatic heterocycles. The molecule has 1 saturated heterocycles. The van der Waals surface area contributed by atoms with Gasteiger partial charge in [0.15, 0.2) is 6.23 Å². The fourth-order valence-electron chi connectivity index (χ4n) is 4.97. The van der Waals surface area contributed by atoms with Crippen LogP contribution in [0.4, 0.5) is 0 Å². The fourth-order valence-corrected chi connectivity index (χ4v) is 5.26. The molecular formula is C28H33ClN2O5. The highest BCUT2D eigenvalue weighted by atomic mass is 35.5. The number of aliphatic hydroxyl groups is 3. The second kappa shape index (κ2) is 10.1. The van der Waals surface area contributed by atoms with Gasteiger partial charge in [0.1, 0.15) is 24.4 Å². The van der Waals surface area contributed by atoms with Gasteiger partial charge in [-0.15, -0.1) is 0 Å². The average molecular weight is 513 g/mol. The van der Waals surface area contributed by atoms with Crippen molar-refractivity contribution in [3.05, 3.63) is 70.4 Å².